The Morgan fingerprint density at radius 1 is 0.600 bits per heavy atom. The van der Waals surface area contributed by atoms with E-state index in [1.807, 2.05) is 66.9 Å². The molecule has 4 heteroatoms. The van der Waals surface area contributed by atoms with Crippen molar-refractivity contribution >= 4 is 43.5 Å². The monoisotopic (exact) mass is 908 g/mol. The largest absolute Gasteiger partial charge is 0.501 e. The number of fused-ring (bicyclic) bond motifs is 6. The average molecular weight is 908 g/mol. The quantitative estimate of drug-likeness (QED) is 0.131. The van der Waals surface area contributed by atoms with Gasteiger partial charge in [0.1, 0.15) is 5.58 Å². The number of aryl methyl sites for hydroxylation is 5. The van der Waals surface area contributed by atoms with E-state index in [4.69, 9.17) is 25.0 Å². The predicted molar refractivity (Wildman–Crippen MR) is 227 cm³/mol. The van der Waals surface area contributed by atoms with E-state index in [1.165, 1.54) is 35.9 Å². The van der Waals surface area contributed by atoms with Gasteiger partial charge in [0.05, 0.1) is 5.58 Å². The number of rotatable bonds is 3. The second kappa shape index (κ2) is 15.0. The SMILES string of the molecule is [2H]C([2H])([2H])c1c[c-]c(-c2ccc(C(C)(C)C)cn2)cc1.[2H]C([2H])([2H])c1ccc(-c2cc(-c3[c-]cc(C([2H])([2H])[2H])c4c3oc3cc5c(ccc6ccccc65)cc34)ncc2C([2H])([2H])[2H])c(C([2H])([2H])[2H])c1.[Ir]. The number of nitrogens with zero attached hydrogens (tertiary/aromatic N) is 2. The van der Waals surface area contributed by atoms with E-state index in [-0.39, 0.29) is 75.7 Å². The van der Waals surface area contributed by atoms with E-state index < -0.39 is 34.3 Å². The average Bonchev–Trinajstić information content (AvgIpc) is 3.64. The number of pyridine rings is 2. The van der Waals surface area contributed by atoms with Gasteiger partial charge in [0.15, 0.2) is 0 Å². The predicted octanol–water partition coefficient (Wildman–Crippen LogP) is 13.8. The van der Waals surface area contributed by atoms with Gasteiger partial charge in [-0.1, -0.05) is 124 Å². The summed E-state index contributed by atoms with van der Waals surface area (Å²) >= 11 is 0. The van der Waals surface area contributed by atoms with E-state index in [0.29, 0.717) is 21.9 Å². The van der Waals surface area contributed by atoms with Crippen LogP contribution >= 0.6 is 0 Å². The third-order valence-corrected chi connectivity index (χ3v) is 9.60. The summed E-state index contributed by atoms with van der Waals surface area (Å²) in [5.74, 6) is 0. The fourth-order valence-corrected chi connectivity index (χ4v) is 6.69. The van der Waals surface area contributed by atoms with Crippen LogP contribution in [0.1, 0.15) is 74.7 Å². The molecule has 1 radical (unpaired) electrons. The van der Waals surface area contributed by atoms with Crippen molar-refractivity contribution in [3.8, 4) is 33.6 Å². The summed E-state index contributed by atoms with van der Waals surface area (Å²) in [6.45, 7) is -6.31. The molecule has 0 atom stereocenters. The summed E-state index contributed by atoms with van der Waals surface area (Å²) in [7, 11) is 0. The molecular formula is C51H44IrN2O-2. The van der Waals surface area contributed by atoms with Gasteiger partial charge in [0.2, 0.25) is 0 Å². The molecule has 0 aliphatic heterocycles. The Balaban J connectivity index is 0.000000289. The number of hydrogen-bond donors (Lipinski definition) is 0. The van der Waals surface area contributed by atoms with Gasteiger partial charge in [-0.3, -0.25) is 0 Å². The normalized spacial score (nSPS) is 16.7. The molecule has 3 aromatic heterocycles. The van der Waals surface area contributed by atoms with Gasteiger partial charge in [0.25, 0.3) is 0 Å². The molecule has 0 amide bonds. The van der Waals surface area contributed by atoms with E-state index in [2.05, 4.69) is 42.9 Å². The molecule has 0 fully saturated rings. The van der Waals surface area contributed by atoms with Crippen molar-refractivity contribution in [2.75, 3.05) is 0 Å². The van der Waals surface area contributed by atoms with Crippen molar-refractivity contribution in [1.82, 2.24) is 9.97 Å². The van der Waals surface area contributed by atoms with Crippen LogP contribution in [-0.4, -0.2) is 9.97 Å². The first-order chi connectivity index (χ1) is 32.0. The molecule has 3 heterocycles. The zero-order valence-electron chi connectivity index (χ0n) is 45.2. The summed E-state index contributed by atoms with van der Waals surface area (Å²) in [6, 6.07) is 36.8. The van der Waals surface area contributed by atoms with Gasteiger partial charge in [-0.05, 0) is 98.9 Å². The molecule has 0 spiro atoms. The Kier molecular flexibility index (Phi) is 6.42. The first-order valence-corrected chi connectivity index (χ1v) is 17.4. The number of furan rings is 1. The number of benzene rings is 6. The number of aromatic nitrogens is 2. The fourth-order valence-electron chi connectivity index (χ4n) is 6.69. The molecule has 6 aromatic carbocycles. The van der Waals surface area contributed by atoms with E-state index >= 15 is 0 Å². The van der Waals surface area contributed by atoms with E-state index in [0.717, 1.165) is 45.1 Å². The molecular weight excluding hydrogens is 849 g/mol. The molecule has 0 N–H and O–H groups in total. The summed E-state index contributed by atoms with van der Waals surface area (Å²) in [5.41, 5.74) is 3.34. The minimum absolute atomic E-state index is 0. The third kappa shape index (κ3) is 7.37. The van der Waals surface area contributed by atoms with E-state index in [9.17, 15) is 0 Å². The maximum Gasteiger partial charge on any atom is 0.121 e. The van der Waals surface area contributed by atoms with Gasteiger partial charge in [-0.25, -0.2) is 0 Å². The topological polar surface area (TPSA) is 38.9 Å². The Morgan fingerprint density at radius 3 is 2.15 bits per heavy atom. The molecule has 0 saturated heterocycles. The van der Waals surface area contributed by atoms with Crippen LogP contribution in [0, 0.1) is 46.4 Å². The molecule has 275 valence electrons. The van der Waals surface area contributed by atoms with Crippen LogP contribution in [-0.2, 0) is 25.5 Å². The Hall–Kier alpha value is -5.41. The minimum atomic E-state index is -2.79. The van der Waals surface area contributed by atoms with Crippen LogP contribution in [0.4, 0.5) is 0 Å². The van der Waals surface area contributed by atoms with Gasteiger partial charge in [-0.15, -0.1) is 53.1 Å². The van der Waals surface area contributed by atoms with Gasteiger partial charge in [-0.2, -0.15) is 0 Å². The molecule has 0 aliphatic carbocycles. The number of hydrogen-bond acceptors (Lipinski definition) is 3. The molecule has 3 nitrogen and oxygen atoms in total. The zero-order chi connectivity index (χ0) is 50.2. The standard InChI is InChI=1S/C35H26NO.C16H18N.Ir/c1-20-9-13-26(22(3)15-20)29-17-32(36-19-23(29)4)28-14-10-21(2)34-31-16-25-12-11-24-7-5-6-8-27(24)30(25)18-33(31)37-35(28)34;1-12-5-7-13(8-6-12)15-10-9-14(11-17-15)16(2,3)4;/h5-13,15-19H,1-4H3;5-7,9-11H,1-4H3;/q2*-1;/i1D3,2D3,3D3,4D3;1D3;. The molecule has 0 bridgehead atoms. The van der Waals surface area contributed by atoms with Crippen molar-refractivity contribution in [2.24, 2.45) is 0 Å². The zero-order valence-corrected chi connectivity index (χ0v) is 32.6. The molecule has 9 aromatic rings. The van der Waals surface area contributed by atoms with E-state index in [1.54, 1.807) is 12.1 Å². The summed E-state index contributed by atoms with van der Waals surface area (Å²) in [4.78, 5) is 8.87. The smallest absolute Gasteiger partial charge is 0.121 e. The molecule has 0 aliphatic rings. The maximum absolute atomic E-state index is 8.30. The van der Waals surface area contributed by atoms with Crippen molar-refractivity contribution in [2.45, 2.75) is 60.4 Å². The van der Waals surface area contributed by atoms with Gasteiger partial charge in [0, 0.05) is 58.4 Å². The molecule has 55 heavy (non-hydrogen) atoms. The summed E-state index contributed by atoms with van der Waals surface area (Å²) in [5, 5.41) is 4.68. The van der Waals surface area contributed by atoms with Crippen LogP contribution in [0.25, 0.3) is 77.1 Å². The minimum Gasteiger partial charge on any atom is -0.501 e. The van der Waals surface area contributed by atoms with Crippen molar-refractivity contribution < 1.29 is 45.1 Å². The van der Waals surface area contributed by atoms with Crippen LogP contribution in [0.15, 0.2) is 126 Å². The van der Waals surface area contributed by atoms with Gasteiger partial charge < -0.3 is 14.4 Å². The van der Waals surface area contributed by atoms with Crippen LogP contribution in [0.2, 0.25) is 0 Å². The second-order valence-corrected chi connectivity index (χ2v) is 14.3. The Morgan fingerprint density at radius 2 is 1.40 bits per heavy atom. The van der Waals surface area contributed by atoms with Gasteiger partial charge >= 0.3 is 0 Å². The molecule has 0 saturated carbocycles. The Labute approximate surface area is 358 Å². The first kappa shape index (κ1) is 23.5. The third-order valence-electron chi connectivity index (χ3n) is 9.60. The fraction of sp³-hybridized carbons (Fsp3) is 0.176. The van der Waals surface area contributed by atoms with Crippen molar-refractivity contribution in [1.29, 1.82) is 0 Å². The van der Waals surface area contributed by atoms with Crippen molar-refractivity contribution in [3.05, 3.63) is 167 Å². The summed E-state index contributed by atoms with van der Waals surface area (Å²) in [6.07, 6.45) is 2.99. The van der Waals surface area contributed by atoms with Crippen LogP contribution < -0.4 is 0 Å². The van der Waals surface area contributed by atoms with Crippen LogP contribution in [0.5, 0.6) is 0 Å². The Bertz CT molecular complexity index is 3340. The molecule has 0 unspecified atom stereocenters. The molecule has 9 rings (SSSR count). The second-order valence-electron chi connectivity index (χ2n) is 14.3. The van der Waals surface area contributed by atoms with Crippen LogP contribution in [0.3, 0.4) is 0 Å². The first-order valence-electron chi connectivity index (χ1n) is 24.9. The van der Waals surface area contributed by atoms with Crippen molar-refractivity contribution in [3.63, 3.8) is 0 Å². The maximum atomic E-state index is 8.30. The summed E-state index contributed by atoms with van der Waals surface area (Å²) < 4.78 is 126.